The molecule has 0 aliphatic carbocycles. The summed E-state index contributed by atoms with van der Waals surface area (Å²) in [6, 6.07) is 3.81. The topological polar surface area (TPSA) is 75.6 Å². The van der Waals surface area contributed by atoms with Crippen molar-refractivity contribution in [1.29, 1.82) is 0 Å². The zero-order valence-electron chi connectivity index (χ0n) is 11.8. The van der Waals surface area contributed by atoms with E-state index in [1.165, 1.54) is 18.3 Å². The first-order valence-corrected chi connectivity index (χ1v) is 8.80. The molecule has 2 rings (SSSR count). The number of carbonyl (C=O) groups excluding carboxylic acids is 2. The van der Waals surface area contributed by atoms with Gasteiger partial charge in [-0.25, -0.2) is 0 Å². The fraction of sp³-hybridized carbons (Fsp3) is 0.538. The van der Waals surface area contributed by atoms with Crippen LogP contribution in [0.3, 0.4) is 0 Å². The normalized spacial score (nSPS) is 22.7. The molecule has 1 saturated heterocycles. The first-order chi connectivity index (χ1) is 10.0. The number of ketones is 1. The smallest absolute Gasteiger partial charge is 0.426 e. The van der Waals surface area contributed by atoms with Crippen molar-refractivity contribution in [2.45, 2.75) is 31.8 Å². The summed E-state index contributed by atoms with van der Waals surface area (Å²) in [5.74, 6) is 0.683. The molecular formula is C13H18BNO4S2. The number of hydrogen-bond donors (Lipinski definition) is 2. The van der Waals surface area contributed by atoms with Crippen molar-refractivity contribution in [3.05, 3.63) is 22.4 Å². The van der Waals surface area contributed by atoms with Gasteiger partial charge in [0.25, 0.3) is 0 Å². The van der Waals surface area contributed by atoms with Crippen LogP contribution in [-0.2, 0) is 20.7 Å². The number of hydrogen-bond acceptors (Lipinski definition) is 6. The second-order valence-electron chi connectivity index (χ2n) is 5.02. The quantitative estimate of drug-likeness (QED) is 0.786. The molecule has 1 aromatic heterocycles. The van der Waals surface area contributed by atoms with E-state index in [0.717, 1.165) is 4.88 Å². The highest BCUT2D eigenvalue weighted by Gasteiger charge is 2.34. The van der Waals surface area contributed by atoms with Gasteiger partial charge in [0.15, 0.2) is 0 Å². The maximum Gasteiger partial charge on any atom is 0.479 e. The average molecular weight is 327 g/mol. The van der Waals surface area contributed by atoms with E-state index >= 15 is 0 Å². The molecule has 2 heterocycles. The van der Waals surface area contributed by atoms with Crippen LogP contribution in [0.2, 0.25) is 0 Å². The predicted octanol–water partition coefficient (Wildman–Crippen LogP) is 0.906. The van der Waals surface area contributed by atoms with Gasteiger partial charge >= 0.3 is 7.12 Å². The molecule has 1 aliphatic rings. The van der Waals surface area contributed by atoms with Gasteiger partial charge in [0.1, 0.15) is 5.78 Å². The van der Waals surface area contributed by atoms with Crippen LogP contribution in [0.25, 0.3) is 0 Å². The van der Waals surface area contributed by atoms with Gasteiger partial charge in [-0.3, -0.25) is 9.59 Å². The zero-order valence-corrected chi connectivity index (χ0v) is 13.4. The van der Waals surface area contributed by atoms with Gasteiger partial charge in [0.2, 0.25) is 5.91 Å². The minimum Gasteiger partial charge on any atom is -0.426 e. The third-order valence-corrected chi connectivity index (χ3v) is 5.13. The third kappa shape index (κ3) is 5.46. The highest BCUT2D eigenvalue weighted by Crippen LogP contribution is 2.18. The number of carbonyl (C=O) groups is 2. The number of rotatable bonds is 5. The number of amides is 1. The van der Waals surface area contributed by atoms with Crippen LogP contribution in [0.4, 0.5) is 0 Å². The van der Waals surface area contributed by atoms with Crippen LogP contribution < -0.4 is 5.32 Å². The van der Waals surface area contributed by atoms with Crippen LogP contribution in [0, 0.1) is 0 Å². The molecule has 1 amide bonds. The Morgan fingerprint density at radius 2 is 2.33 bits per heavy atom. The molecule has 0 aromatic carbocycles. The Hall–Kier alpha value is -0.825. The lowest BCUT2D eigenvalue weighted by atomic mass is 9.79. The lowest BCUT2D eigenvalue weighted by Crippen LogP contribution is -2.50. The molecular weight excluding hydrogens is 309 g/mol. The van der Waals surface area contributed by atoms with Crippen LogP contribution in [-0.4, -0.2) is 47.4 Å². The summed E-state index contributed by atoms with van der Waals surface area (Å²) in [7, 11) is -1.07. The van der Waals surface area contributed by atoms with Gasteiger partial charge in [0.05, 0.1) is 18.5 Å². The first kappa shape index (κ1) is 16.5. The predicted molar refractivity (Wildman–Crippen MR) is 85.4 cm³/mol. The van der Waals surface area contributed by atoms with E-state index in [2.05, 4.69) is 5.32 Å². The number of thiophene rings is 1. The van der Waals surface area contributed by atoms with E-state index in [1.807, 2.05) is 17.5 Å². The van der Waals surface area contributed by atoms with E-state index in [-0.39, 0.29) is 17.8 Å². The maximum absolute atomic E-state index is 12.0. The molecule has 0 unspecified atom stereocenters. The van der Waals surface area contributed by atoms with Gasteiger partial charge < -0.3 is 15.0 Å². The number of nitrogens with one attached hydrogen (secondary N) is 1. The molecule has 8 heteroatoms. The summed E-state index contributed by atoms with van der Waals surface area (Å²) in [5.41, 5.74) is 0. The van der Waals surface area contributed by atoms with E-state index < -0.39 is 13.1 Å². The van der Waals surface area contributed by atoms with E-state index in [0.29, 0.717) is 24.3 Å². The largest absolute Gasteiger partial charge is 0.479 e. The molecule has 0 spiro atoms. The summed E-state index contributed by atoms with van der Waals surface area (Å²) < 4.78 is 5.47. The van der Waals surface area contributed by atoms with Crippen molar-refractivity contribution < 1.29 is 19.3 Å². The monoisotopic (exact) mass is 327 g/mol. The molecule has 1 fully saturated rings. The molecule has 0 saturated carbocycles. The number of thioether (sulfide) groups is 1. The highest BCUT2D eigenvalue weighted by atomic mass is 32.2. The van der Waals surface area contributed by atoms with Crippen LogP contribution >= 0.6 is 23.1 Å². The van der Waals surface area contributed by atoms with Crippen LogP contribution in [0.5, 0.6) is 0 Å². The van der Waals surface area contributed by atoms with Crippen LogP contribution in [0.15, 0.2) is 17.5 Å². The minimum absolute atomic E-state index is 0.0352. The van der Waals surface area contributed by atoms with Gasteiger partial charge in [-0.1, -0.05) is 6.07 Å². The SMILES string of the molecule is CC(=O)C[C@@H]1CSC[C@H](NC(=O)Cc2cccs2)B(O)O1. The van der Waals surface area contributed by atoms with Crippen molar-refractivity contribution in [1.82, 2.24) is 5.32 Å². The van der Waals surface area contributed by atoms with Gasteiger partial charge in [-0.15, -0.1) is 11.3 Å². The Morgan fingerprint density at radius 3 is 3.00 bits per heavy atom. The summed E-state index contributed by atoms with van der Waals surface area (Å²) in [6.45, 7) is 1.51. The molecule has 1 aromatic rings. The lowest BCUT2D eigenvalue weighted by molar-refractivity contribution is -0.121. The van der Waals surface area contributed by atoms with Gasteiger partial charge in [-0.2, -0.15) is 11.8 Å². The van der Waals surface area contributed by atoms with Crippen molar-refractivity contribution in [2.75, 3.05) is 11.5 Å². The van der Waals surface area contributed by atoms with Crippen molar-refractivity contribution in [3.8, 4) is 0 Å². The lowest BCUT2D eigenvalue weighted by Gasteiger charge is -2.19. The first-order valence-electron chi connectivity index (χ1n) is 6.77. The summed E-state index contributed by atoms with van der Waals surface area (Å²) in [6.07, 6.45) is 0.309. The minimum atomic E-state index is -1.07. The summed E-state index contributed by atoms with van der Waals surface area (Å²) in [4.78, 5) is 24.1. The molecule has 5 nitrogen and oxygen atoms in total. The fourth-order valence-corrected chi connectivity index (χ4v) is 3.91. The second kappa shape index (κ2) is 7.98. The molecule has 114 valence electrons. The average Bonchev–Trinajstić information content (AvgIpc) is 2.83. The fourth-order valence-electron chi connectivity index (χ4n) is 2.11. The Bertz CT molecular complexity index is 483. The van der Waals surface area contributed by atoms with E-state index in [9.17, 15) is 14.6 Å². The molecule has 1 aliphatic heterocycles. The molecule has 0 bridgehead atoms. The van der Waals surface area contributed by atoms with Crippen molar-refractivity contribution in [2.24, 2.45) is 0 Å². The third-order valence-electron chi connectivity index (χ3n) is 3.05. The maximum atomic E-state index is 12.0. The second-order valence-corrected chi connectivity index (χ2v) is 7.13. The van der Waals surface area contributed by atoms with Crippen LogP contribution in [0.1, 0.15) is 18.2 Å². The van der Waals surface area contributed by atoms with Crippen molar-refractivity contribution >= 4 is 41.9 Å². The van der Waals surface area contributed by atoms with E-state index in [4.69, 9.17) is 4.65 Å². The molecule has 0 radical (unpaired) electrons. The zero-order chi connectivity index (χ0) is 15.2. The summed E-state index contributed by atoms with van der Waals surface area (Å²) in [5, 5.41) is 14.8. The highest BCUT2D eigenvalue weighted by molar-refractivity contribution is 7.99. The molecule has 2 N–H and O–H groups in total. The molecule has 21 heavy (non-hydrogen) atoms. The number of Topliss-reactive ketones (excluding diaryl/α,β-unsaturated/α-hetero) is 1. The Labute approximate surface area is 132 Å². The van der Waals surface area contributed by atoms with E-state index in [1.54, 1.807) is 11.8 Å². The Morgan fingerprint density at radius 1 is 1.52 bits per heavy atom. The summed E-state index contributed by atoms with van der Waals surface area (Å²) >= 11 is 3.11. The Kier molecular flexibility index (Phi) is 6.29. The Balaban J connectivity index is 1.85. The molecule has 2 atom stereocenters. The van der Waals surface area contributed by atoms with Gasteiger partial charge in [0, 0.05) is 22.8 Å². The van der Waals surface area contributed by atoms with Gasteiger partial charge in [-0.05, 0) is 18.4 Å². The standard InChI is InChI=1S/C13H18BNO4S2/c1-9(16)5-10-7-20-8-12(14(18)19-10)15-13(17)6-11-3-2-4-21-11/h2-4,10,12,18H,5-8H2,1H3,(H,15,17)/t10-,12+/m1/s1. The van der Waals surface area contributed by atoms with Crippen molar-refractivity contribution in [3.63, 3.8) is 0 Å².